The third kappa shape index (κ3) is 5.34. The molecule has 25 heavy (non-hydrogen) atoms. The number of anilines is 1. The Kier molecular flexibility index (Phi) is 6.44. The lowest BCUT2D eigenvalue weighted by molar-refractivity contribution is -0.274. The van der Waals surface area contributed by atoms with Crippen LogP contribution in [0, 0.1) is 0 Å². The summed E-state index contributed by atoms with van der Waals surface area (Å²) in [6.45, 7) is 0. The molecule has 0 fully saturated rings. The van der Waals surface area contributed by atoms with Gasteiger partial charge in [-0.15, -0.1) is 24.5 Å². The number of hydrogen-bond donors (Lipinski definition) is 1. The maximum Gasteiger partial charge on any atom is 0.573 e. The molecule has 0 unspecified atom stereocenters. The van der Waals surface area contributed by atoms with E-state index in [-0.39, 0.29) is 23.4 Å². The van der Waals surface area contributed by atoms with Gasteiger partial charge in [-0.2, -0.15) is 0 Å². The Morgan fingerprint density at radius 3 is 2.24 bits per heavy atom. The standard InChI is InChI=1S/C12H4Br3F5N2O2S/c13-4-1-3(24-12(18,19)20)2-5(14)6(4)21-10(23)8-7(9(16)17)22-11(15)25-8/h1-2,9H,(H,21,23). The van der Waals surface area contributed by atoms with Crippen molar-refractivity contribution in [3.05, 3.63) is 35.6 Å². The van der Waals surface area contributed by atoms with E-state index in [0.717, 1.165) is 12.1 Å². The number of aromatic nitrogens is 1. The highest BCUT2D eigenvalue weighted by molar-refractivity contribution is 9.11. The molecule has 0 aliphatic carbocycles. The number of nitrogens with zero attached hydrogens (tertiary/aromatic N) is 1. The van der Waals surface area contributed by atoms with Gasteiger partial charge in [0.1, 0.15) is 16.3 Å². The fourth-order valence-corrected chi connectivity index (χ4v) is 4.36. The lowest BCUT2D eigenvalue weighted by Gasteiger charge is -2.13. The predicted octanol–water partition coefficient (Wildman–Crippen LogP) is 6.52. The number of rotatable bonds is 4. The van der Waals surface area contributed by atoms with Crippen LogP contribution in [0.25, 0.3) is 0 Å². The fraction of sp³-hybridized carbons (Fsp3) is 0.167. The Hall–Kier alpha value is -0.790. The molecule has 0 saturated carbocycles. The highest BCUT2D eigenvalue weighted by atomic mass is 79.9. The van der Waals surface area contributed by atoms with Gasteiger partial charge in [0.15, 0.2) is 3.92 Å². The second kappa shape index (κ2) is 7.84. The fourth-order valence-electron chi connectivity index (χ4n) is 1.65. The van der Waals surface area contributed by atoms with Crippen molar-refractivity contribution in [2.45, 2.75) is 12.8 Å². The Labute approximate surface area is 166 Å². The predicted molar refractivity (Wildman–Crippen MR) is 91.2 cm³/mol. The number of carbonyl (C=O) groups excluding carboxylic acids is 1. The van der Waals surface area contributed by atoms with Crippen LogP contribution in [-0.2, 0) is 0 Å². The van der Waals surface area contributed by atoms with Gasteiger partial charge in [0.05, 0.1) is 5.69 Å². The summed E-state index contributed by atoms with van der Waals surface area (Å²) in [5, 5.41) is 2.34. The van der Waals surface area contributed by atoms with Crippen molar-refractivity contribution in [3.63, 3.8) is 0 Å². The van der Waals surface area contributed by atoms with Crippen molar-refractivity contribution < 1.29 is 31.5 Å². The third-order valence-corrected chi connectivity index (χ3v) is 5.30. The van der Waals surface area contributed by atoms with Crippen LogP contribution in [0.1, 0.15) is 21.8 Å². The first kappa shape index (κ1) is 20.5. The maximum atomic E-state index is 12.9. The molecule has 1 aromatic heterocycles. The Balaban J connectivity index is 2.30. The molecule has 1 aromatic carbocycles. The summed E-state index contributed by atoms with van der Waals surface area (Å²) >= 11 is 9.62. The molecule has 0 atom stereocenters. The summed E-state index contributed by atoms with van der Waals surface area (Å²) in [5.74, 6) is -1.41. The molecule has 0 saturated heterocycles. The van der Waals surface area contributed by atoms with Gasteiger partial charge < -0.3 is 10.1 Å². The molecule has 1 N–H and O–H groups in total. The van der Waals surface area contributed by atoms with Gasteiger partial charge in [-0.05, 0) is 59.9 Å². The highest BCUT2D eigenvalue weighted by Gasteiger charge is 2.32. The molecule has 0 radical (unpaired) electrons. The number of hydrogen-bond acceptors (Lipinski definition) is 4. The molecule has 0 aliphatic heterocycles. The largest absolute Gasteiger partial charge is 0.573 e. The van der Waals surface area contributed by atoms with Gasteiger partial charge in [-0.3, -0.25) is 4.79 Å². The highest BCUT2D eigenvalue weighted by Crippen LogP contribution is 2.38. The third-order valence-electron chi connectivity index (χ3n) is 2.53. The van der Waals surface area contributed by atoms with Crippen LogP contribution in [0.3, 0.4) is 0 Å². The van der Waals surface area contributed by atoms with Gasteiger partial charge in [0.2, 0.25) is 0 Å². The van der Waals surface area contributed by atoms with E-state index >= 15 is 0 Å². The van der Waals surface area contributed by atoms with Crippen molar-refractivity contribution in [1.82, 2.24) is 4.98 Å². The number of amides is 1. The minimum atomic E-state index is -4.88. The van der Waals surface area contributed by atoms with E-state index in [1.807, 2.05) is 0 Å². The van der Waals surface area contributed by atoms with Crippen LogP contribution in [0.4, 0.5) is 27.6 Å². The Morgan fingerprint density at radius 2 is 1.76 bits per heavy atom. The van der Waals surface area contributed by atoms with Crippen molar-refractivity contribution in [3.8, 4) is 5.75 Å². The molecular weight excluding hydrogens is 571 g/mol. The van der Waals surface area contributed by atoms with E-state index in [1.54, 1.807) is 0 Å². The van der Waals surface area contributed by atoms with Crippen LogP contribution >= 0.6 is 59.1 Å². The number of thiazole rings is 1. The van der Waals surface area contributed by atoms with E-state index in [1.165, 1.54) is 0 Å². The van der Waals surface area contributed by atoms with Crippen LogP contribution in [0.5, 0.6) is 5.75 Å². The van der Waals surface area contributed by atoms with Crippen LogP contribution < -0.4 is 10.1 Å². The van der Waals surface area contributed by atoms with Gasteiger partial charge >= 0.3 is 6.36 Å². The first-order valence-corrected chi connectivity index (χ1v) is 9.18. The summed E-state index contributed by atoms with van der Waals surface area (Å²) in [7, 11) is 0. The molecule has 2 rings (SSSR count). The molecule has 136 valence electrons. The molecular formula is C12H4Br3F5N2O2S. The number of carbonyl (C=O) groups is 1. The van der Waals surface area contributed by atoms with E-state index in [4.69, 9.17) is 0 Å². The average Bonchev–Trinajstić information content (AvgIpc) is 2.83. The van der Waals surface area contributed by atoms with Gasteiger partial charge in [-0.25, -0.2) is 13.8 Å². The van der Waals surface area contributed by atoms with E-state index < -0.39 is 30.1 Å². The molecule has 0 aliphatic rings. The number of ether oxygens (including phenoxy) is 1. The Morgan fingerprint density at radius 1 is 1.20 bits per heavy atom. The van der Waals surface area contributed by atoms with Crippen molar-refractivity contribution in [2.75, 3.05) is 5.32 Å². The lowest BCUT2D eigenvalue weighted by atomic mass is 10.3. The minimum absolute atomic E-state index is 0.0456. The van der Waals surface area contributed by atoms with Gasteiger partial charge in [0, 0.05) is 8.95 Å². The molecule has 2 aromatic rings. The average molecular weight is 575 g/mol. The monoisotopic (exact) mass is 572 g/mol. The van der Waals surface area contributed by atoms with Crippen LogP contribution in [-0.4, -0.2) is 17.3 Å². The summed E-state index contributed by atoms with van der Waals surface area (Å²) < 4.78 is 66.6. The summed E-state index contributed by atoms with van der Waals surface area (Å²) in [4.78, 5) is 15.4. The molecule has 4 nitrogen and oxygen atoms in total. The number of alkyl halides is 5. The molecule has 0 bridgehead atoms. The first-order valence-electron chi connectivity index (χ1n) is 5.98. The van der Waals surface area contributed by atoms with Gasteiger partial charge in [0.25, 0.3) is 12.3 Å². The zero-order valence-corrected chi connectivity index (χ0v) is 17.0. The topological polar surface area (TPSA) is 51.2 Å². The van der Waals surface area contributed by atoms with E-state index in [2.05, 4.69) is 62.8 Å². The summed E-state index contributed by atoms with van der Waals surface area (Å²) in [5.41, 5.74) is -0.650. The number of nitrogens with one attached hydrogen (secondary N) is 1. The van der Waals surface area contributed by atoms with Crippen molar-refractivity contribution in [2.24, 2.45) is 0 Å². The van der Waals surface area contributed by atoms with Crippen molar-refractivity contribution >= 4 is 70.7 Å². The summed E-state index contributed by atoms with van der Waals surface area (Å²) in [6.07, 6.45) is -7.84. The van der Waals surface area contributed by atoms with E-state index in [9.17, 15) is 26.7 Å². The number of halogens is 8. The lowest BCUT2D eigenvalue weighted by Crippen LogP contribution is -2.17. The zero-order valence-electron chi connectivity index (χ0n) is 11.4. The molecule has 1 amide bonds. The van der Waals surface area contributed by atoms with Gasteiger partial charge in [-0.1, -0.05) is 0 Å². The quantitative estimate of drug-likeness (QED) is 0.423. The van der Waals surface area contributed by atoms with E-state index in [0.29, 0.717) is 11.3 Å². The first-order chi connectivity index (χ1) is 11.5. The summed E-state index contributed by atoms with van der Waals surface area (Å²) in [6, 6.07) is 1.95. The van der Waals surface area contributed by atoms with Crippen LogP contribution in [0.2, 0.25) is 0 Å². The SMILES string of the molecule is O=C(Nc1c(Br)cc(OC(F)(F)F)cc1Br)c1sc(Br)nc1C(F)F. The molecule has 13 heteroatoms. The normalized spacial score (nSPS) is 11.7. The van der Waals surface area contributed by atoms with Crippen molar-refractivity contribution in [1.29, 1.82) is 0 Å². The zero-order chi connectivity index (χ0) is 18.9. The smallest absolute Gasteiger partial charge is 0.406 e. The Bertz CT molecular complexity index is 790. The molecule has 0 spiro atoms. The minimum Gasteiger partial charge on any atom is -0.406 e. The molecule has 1 heterocycles. The number of benzene rings is 1. The second-order valence-corrected chi connectivity index (χ2v) is 8.23. The van der Waals surface area contributed by atoms with Crippen LogP contribution in [0.15, 0.2) is 25.0 Å². The maximum absolute atomic E-state index is 12.9. The second-order valence-electron chi connectivity index (χ2n) is 4.25.